The molecule has 7 heteroatoms. The second-order valence-electron chi connectivity index (χ2n) is 10.0. The molecule has 0 saturated carbocycles. The summed E-state index contributed by atoms with van der Waals surface area (Å²) in [5, 5.41) is 12.9. The molecule has 4 aromatic carbocycles. The minimum Gasteiger partial charge on any atom is -0.494 e. The fourth-order valence-corrected chi connectivity index (χ4v) is 4.38. The zero-order valence-corrected chi connectivity index (χ0v) is 23.2. The van der Waals surface area contributed by atoms with Gasteiger partial charge in [-0.3, -0.25) is 0 Å². The number of nitrogens with zero attached hydrogens (tertiary/aromatic N) is 1. The Balaban J connectivity index is 1.29. The molecule has 0 saturated heterocycles. The summed E-state index contributed by atoms with van der Waals surface area (Å²) in [5.41, 5.74) is 1.51. The number of urea groups is 1. The summed E-state index contributed by atoms with van der Waals surface area (Å²) >= 11 is 0. The Kier molecular flexibility index (Phi) is 10.4. The molecule has 41 heavy (non-hydrogen) atoms. The molecule has 0 unspecified atom stereocenters. The molecule has 212 valence electrons. The maximum atomic E-state index is 13.0. The summed E-state index contributed by atoms with van der Waals surface area (Å²) in [6.07, 6.45) is 0.847. The van der Waals surface area contributed by atoms with E-state index in [1.165, 1.54) is 0 Å². The summed E-state index contributed by atoms with van der Waals surface area (Å²) in [7, 11) is 0. The first kappa shape index (κ1) is 29.2. The monoisotopic (exact) mass is 552 g/mol. The maximum absolute atomic E-state index is 13.0. The summed E-state index contributed by atoms with van der Waals surface area (Å²) in [5.74, 6) is 0.153. The SMILES string of the molecule is C[C@@](Cc1ccc(OCCCN(Cc2ccccc2)C(=O)NCc2ccccc2)cc1)(Oc1ccccc1)C(=O)O. The van der Waals surface area contributed by atoms with E-state index in [-0.39, 0.29) is 12.5 Å². The topological polar surface area (TPSA) is 88.1 Å². The highest BCUT2D eigenvalue weighted by atomic mass is 16.5. The van der Waals surface area contributed by atoms with Crippen LogP contribution in [0.4, 0.5) is 4.79 Å². The molecule has 4 aromatic rings. The van der Waals surface area contributed by atoms with Gasteiger partial charge in [-0.15, -0.1) is 0 Å². The first-order valence-electron chi connectivity index (χ1n) is 13.7. The van der Waals surface area contributed by atoms with Crippen molar-refractivity contribution in [2.24, 2.45) is 0 Å². The van der Waals surface area contributed by atoms with Crippen molar-refractivity contribution in [3.05, 3.63) is 132 Å². The van der Waals surface area contributed by atoms with E-state index < -0.39 is 11.6 Å². The van der Waals surface area contributed by atoms with Gasteiger partial charge < -0.3 is 24.8 Å². The number of aliphatic carboxylic acids is 1. The molecule has 1 atom stereocenters. The molecule has 0 fully saturated rings. The lowest BCUT2D eigenvalue weighted by atomic mass is 9.96. The van der Waals surface area contributed by atoms with E-state index in [2.05, 4.69) is 5.32 Å². The average Bonchev–Trinajstić information content (AvgIpc) is 2.99. The second-order valence-corrected chi connectivity index (χ2v) is 10.0. The highest BCUT2D eigenvalue weighted by molar-refractivity contribution is 5.78. The van der Waals surface area contributed by atoms with Gasteiger partial charge in [0.05, 0.1) is 6.61 Å². The Morgan fingerprint density at radius 1 is 0.756 bits per heavy atom. The van der Waals surface area contributed by atoms with Crippen molar-refractivity contribution in [1.29, 1.82) is 0 Å². The van der Waals surface area contributed by atoms with E-state index in [4.69, 9.17) is 9.47 Å². The molecule has 0 aliphatic heterocycles. The zero-order valence-electron chi connectivity index (χ0n) is 23.2. The quantitative estimate of drug-likeness (QED) is 0.179. The molecule has 0 heterocycles. The van der Waals surface area contributed by atoms with E-state index in [1.807, 2.05) is 103 Å². The van der Waals surface area contributed by atoms with Crippen LogP contribution in [0.15, 0.2) is 115 Å². The number of amides is 2. The van der Waals surface area contributed by atoms with Crippen LogP contribution >= 0.6 is 0 Å². The van der Waals surface area contributed by atoms with Gasteiger partial charge in [-0.2, -0.15) is 0 Å². The van der Waals surface area contributed by atoms with Crippen LogP contribution in [0.1, 0.15) is 30.0 Å². The third-order valence-corrected chi connectivity index (χ3v) is 6.63. The van der Waals surface area contributed by atoms with Crippen molar-refractivity contribution in [2.75, 3.05) is 13.2 Å². The number of rotatable bonds is 14. The summed E-state index contributed by atoms with van der Waals surface area (Å²) in [6, 6.07) is 35.9. The van der Waals surface area contributed by atoms with Crippen LogP contribution in [0.25, 0.3) is 0 Å². The van der Waals surface area contributed by atoms with Gasteiger partial charge in [0.1, 0.15) is 11.5 Å². The first-order chi connectivity index (χ1) is 19.9. The van der Waals surface area contributed by atoms with Gasteiger partial charge in [0, 0.05) is 26.1 Å². The fourth-order valence-electron chi connectivity index (χ4n) is 4.38. The fraction of sp³-hybridized carbons (Fsp3) is 0.235. The summed E-state index contributed by atoms with van der Waals surface area (Å²) < 4.78 is 11.8. The number of hydrogen-bond donors (Lipinski definition) is 2. The lowest BCUT2D eigenvalue weighted by molar-refractivity contribution is -0.153. The van der Waals surface area contributed by atoms with E-state index in [0.29, 0.717) is 44.2 Å². The average molecular weight is 553 g/mol. The van der Waals surface area contributed by atoms with Crippen molar-refractivity contribution in [3.63, 3.8) is 0 Å². The van der Waals surface area contributed by atoms with E-state index >= 15 is 0 Å². The Hall–Kier alpha value is -4.78. The molecule has 0 aliphatic rings. The van der Waals surface area contributed by atoms with Gasteiger partial charge in [0.15, 0.2) is 0 Å². The van der Waals surface area contributed by atoms with Crippen LogP contribution in [-0.4, -0.2) is 40.8 Å². The lowest BCUT2D eigenvalue weighted by Gasteiger charge is -2.26. The predicted octanol–water partition coefficient (Wildman–Crippen LogP) is 6.33. The summed E-state index contributed by atoms with van der Waals surface area (Å²) in [4.78, 5) is 26.8. The Morgan fingerprint density at radius 3 is 1.95 bits per heavy atom. The first-order valence-corrected chi connectivity index (χ1v) is 13.7. The molecule has 0 radical (unpaired) electrons. The number of carbonyl (C=O) groups is 2. The highest BCUT2D eigenvalue weighted by Gasteiger charge is 2.36. The standard InChI is InChI=1S/C34H36N2O5/c1-34(32(37)38,41-31-16-9-4-10-17-31)24-27-18-20-30(21-19-27)40-23-11-22-36(26-29-14-7-3-8-15-29)33(39)35-25-28-12-5-2-6-13-28/h2-10,12-21H,11,22-26H2,1H3,(H,35,39)(H,37,38)/t34-/m0/s1. The maximum Gasteiger partial charge on any atom is 0.348 e. The van der Waals surface area contributed by atoms with E-state index in [9.17, 15) is 14.7 Å². The molecule has 2 amide bonds. The number of ether oxygens (including phenoxy) is 2. The number of carbonyl (C=O) groups excluding carboxylic acids is 1. The van der Waals surface area contributed by atoms with Gasteiger partial charge in [0.25, 0.3) is 0 Å². The van der Waals surface area contributed by atoms with Crippen LogP contribution in [0.5, 0.6) is 11.5 Å². The number of benzene rings is 4. The number of carboxylic acid groups (broad SMARTS) is 1. The molecule has 0 spiro atoms. The zero-order chi connectivity index (χ0) is 28.9. The minimum absolute atomic E-state index is 0.124. The van der Waals surface area contributed by atoms with Gasteiger partial charge in [-0.1, -0.05) is 91.0 Å². The number of carboxylic acids is 1. The van der Waals surface area contributed by atoms with Gasteiger partial charge in [-0.25, -0.2) is 9.59 Å². The normalized spacial score (nSPS) is 12.1. The minimum atomic E-state index is -1.41. The van der Waals surface area contributed by atoms with Crippen molar-refractivity contribution in [3.8, 4) is 11.5 Å². The lowest BCUT2D eigenvalue weighted by Crippen LogP contribution is -2.43. The van der Waals surface area contributed by atoms with Crippen LogP contribution in [0.2, 0.25) is 0 Å². The molecule has 2 N–H and O–H groups in total. The molecular formula is C34H36N2O5. The van der Waals surface area contributed by atoms with Crippen molar-refractivity contribution in [2.45, 2.75) is 38.5 Å². The Bertz CT molecular complexity index is 1360. The molecule has 0 aromatic heterocycles. The predicted molar refractivity (Wildman–Crippen MR) is 159 cm³/mol. The molecule has 0 aliphatic carbocycles. The highest BCUT2D eigenvalue weighted by Crippen LogP contribution is 2.24. The molecule has 7 nitrogen and oxygen atoms in total. The largest absolute Gasteiger partial charge is 0.494 e. The van der Waals surface area contributed by atoms with Crippen LogP contribution in [0.3, 0.4) is 0 Å². The molecule has 4 rings (SSSR count). The van der Waals surface area contributed by atoms with E-state index in [0.717, 1.165) is 16.7 Å². The van der Waals surface area contributed by atoms with Crippen molar-refractivity contribution >= 4 is 12.0 Å². The van der Waals surface area contributed by atoms with Crippen molar-refractivity contribution < 1.29 is 24.2 Å². The molecule has 0 bridgehead atoms. The number of para-hydroxylation sites is 1. The Morgan fingerprint density at radius 2 is 1.34 bits per heavy atom. The van der Waals surface area contributed by atoms with Gasteiger partial charge in [-0.05, 0) is 54.3 Å². The third-order valence-electron chi connectivity index (χ3n) is 6.63. The number of nitrogens with one attached hydrogen (secondary N) is 1. The van der Waals surface area contributed by atoms with Crippen LogP contribution in [-0.2, 0) is 24.3 Å². The van der Waals surface area contributed by atoms with Crippen molar-refractivity contribution in [1.82, 2.24) is 10.2 Å². The van der Waals surface area contributed by atoms with Crippen LogP contribution < -0.4 is 14.8 Å². The number of hydrogen-bond acceptors (Lipinski definition) is 4. The van der Waals surface area contributed by atoms with E-state index in [1.54, 1.807) is 24.0 Å². The Labute approximate surface area is 241 Å². The smallest absolute Gasteiger partial charge is 0.348 e. The summed E-state index contributed by atoms with van der Waals surface area (Å²) in [6.45, 7) is 3.50. The van der Waals surface area contributed by atoms with Gasteiger partial charge >= 0.3 is 12.0 Å². The second kappa shape index (κ2) is 14.6. The molecular weight excluding hydrogens is 516 g/mol. The van der Waals surface area contributed by atoms with Gasteiger partial charge in [0.2, 0.25) is 5.60 Å². The van der Waals surface area contributed by atoms with Crippen LogP contribution in [0, 0.1) is 0 Å². The third kappa shape index (κ3) is 9.14.